The molecule has 1 fully saturated rings. The number of hydrogen-bond donors (Lipinski definition) is 1. The Labute approximate surface area is 120 Å². The summed E-state index contributed by atoms with van der Waals surface area (Å²) in [5.74, 6) is -0.520. The summed E-state index contributed by atoms with van der Waals surface area (Å²) < 4.78 is 40.5. The second-order valence-electron chi connectivity index (χ2n) is 5.24. The summed E-state index contributed by atoms with van der Waals surface area (Å²) in [6.07, 6.45) is 2.76. The molecule has 2 rings (SSSR count). The van der Waals surface area contributed by atoms with Crippen LogP contribution in [0.25, 0.3) is 0 Å². The topological polar surface area (TPSA) is 49.4 Å². The van der Waals surface area contributed by atoms with E-state index in [1.807, 2.05) is 6.92 Å². The van der Waals surface area contributed by atoms with Gasteiger partial charge in [0.25, 0.3) is 0 Å². The second-order valence-corrected chi connectivity index (χ2v) is 7.10. The van der Waals surface area contributed by atoms with E-state index in [0.29, 0.717) is 18.7 Å². The van der Waals surface area contributed by atoms with Gasteiger partial charge in [-0.3, -0.25) is 0 Å². The highest BCUT2D eigenvalue weighted by Gasteiger charge is 2.32. The number of benzene rings is 1. The lowest BCUT2D eigenvalue weighted by Crippen LogP contribution is -2.42. The molecule has 6 heteroatoms. The van der Waals surface area contributed by atoms with Crippen molar-refractivity contribution >= 4 is 10.0 Å². The molecule has 20 heavy (non-hydrogen) atoms. The van der Waals surface area contributed by atoms with Crippen LogP contribution in [-0.4, -0.2) is 32.4 Å². The van der Waals surface area contributed by atoms with Crippen molar-refractivity contribution in [3.63, 3.8) is 0 Å². The van der Waals surface area contributed by atoms with Gasteiger partial charge in [0.2, 0.25) is 10.0 Å². The van der Waals surface area contributed by atoms with E-state index in [4.69, 9.17) is 0 Å². The molecule has 1 aliphatic rings. The highest BCUT2D eigenvalue weighted by atomic mass is 32.2. The number of hydrogen-bond acceptors (Lipinski definition) is 3. The number of rotatable bonds is 4. The van der Waals surface area contributed by atoms with Crippen molar-refractivity contribution < 1.29 is 12.8 Å². The van der Waals surface area contributed by atoms with Crippen molar-refractivity contribution in [3.05, 3.63) is 29.6 Å². The summed E-state index contributed by atoms with van der Waals surface area (Å²) >= 11 is 0. The molecule has 0 spiro atoms. The fourth-order valence-electron chi connectivity index (χ4n) is 2.66. The molecule has 0 radical (unpaired) electrons. The van der Waals surface area contributed by atoms with E-state index in [2.05, 4.69) is 5.32 Å². The third-order valence-corrected chi connectivity index (χ3v) is 5.82. The molecule has 0 bridgehead atoms. The number of nitrogens with one attached hydrogen (secondary N) is 1. The smallest absolute Gasteiger partial charge is 0.243 e. The number of nitrogens with zero attached hydrogens (tertiary/aromatic N) is 1. The Bertz CT molecular complexity index is 575. The van der Waals surface area contributed by atoms with Gasteiger partial charge in [0.15, 0.2) is 0 Å². The van der Waals surface area contributed by atoms with E-state index >= 15 is 0 Å². The highest BCUT2D eigenvalue weighted by Crippen LogP contribution is 2.27. The Kier molecular flexibility index (Phi) is 4.78. The van der Waals surface area contributed by atoms with E-state index in [0.717, 1.165) is 25.3 Å². The molecule has 0 aliphatic carbocycles. The van der Waals surface area contributed by atoms with Crippen LogP contribution in [0.3, 0.4) is 0 Å². The lowest BCUT2D eigenvalue weighted by atomic mass is 10.1. The first-order chi connectivity index (χ1) is 9.46. The summed E-state index contributed by atoms with van der Waals surface area (Å²) in [4.78, 5) is 0.0839. The van der Waals surface area contributed by atoms with Crippen LogP contribution in [0.5, 0.6) is 0 Å². The Morgan fingerprint density at radius 1 is 1.40 bits per heavy atom. The Balaban J connectivity index is 2.44. The molecular weight excluding hydrogens is 279 g/mol. The number of sulfonamides is 1. The first kappa shape index (κ1) is 15.4. The molecule has 1 aliphatic heterocycles. The molecule has 1 aromatic rings. The summed E-state index contributed by atoms with van der Waals surface area (Å²) in [6.45, 7) is 2.82. The molecular formula is C14H21FN2O2S. The molecule has 4 nitrogen and oxygen atoms in total. The lowest BCUT2D eigenvalue weighted by molar-refractivity contribution is 0.268. The van der Waals surface area contributed by atoms with Crippen molar-refractivity contribution in [2.45, 2.75) is 43.7 Å². The van der Waals surface area contributed by atoms with Crippen LogP contribution in [-0.2, 0) is 16.6 Å². The van der Waals surface area contributed by atoms with Crippen molar-refractivity contribution in [2.75, 3.05) is 13.6 Å². The SMILES string of the molecule is CNCc1ccc(F)cc1S(=O)(=O)N1CCCCC1C. The van der Waals surface area contributed by atoms with E-state index in [9.17, 15) is 12.8 Å². The average molecular weight is 300 g/mol. The van der Waals surface area contributed by atoms with Gasteiger partial charge in [-0.15, -0.1) is 0 Å². The molecule has 1 unspecified atom stereocenters. The van der Waals surface area contributed by atoms with Gasteiger partial charge in [0.1, 0.15) is 5.82 Å². The van der Waals surface area contributed by atoms with E-state index in [1.54, 1.807) is 7.05 Å². The van der Waals surface area contributed by atoms with Crippen LogP contribution in [0.1, 0.15) is 31.7 Å². The van der Waals surface area contributed by atoms with Crippen LogP contribution in [0.4, 0.5) is 4.39 Å². The zero-order valence-corrected chi connectivity index (χ0v) is 12.7. The molecule has 0 amide bonds. The largest absolute Gasteiger partial charge is 0.316 e. The van der Waals surface area contributed by atoms with Gasteiger partial charge in [-0.1, -0.05) is 12.5 Å². The lowest BCUT2D eigenvalue weighted by Gasteiger charge is -2.32. The maximum Gasteiger partial charge on any atom is 0.243 e. The van der Waals surface area contributed by atoms with E-state index < -0.39 is 15.8 Å². The van der Waals surface area contributed by atoms with Crippen molar-refractivity contribution in [1.82, 2.24) is 9.62 Å². The highest BCUT2D eigenvalue weighted by molar-refractivity contribution is 7.89. The first-order valence-corrected chi connectivity index (χ1v) is 8.35. The molecule has 1 aromatic carbocycles. The third-order valence-electron chi connectivity index (χ3n) is 3.73. The van der Waals surface area contributed by atoms with Crippen LogP contribution in [0, 0.1) is 5.82 Å². The van der Waals surface area contributed by atoms with Gasteiger partial charge >= 0.3 is 0 Å². The Hall–Kier alpha value is -0.980. The molecule has 1 saturated heterocycles. The van der Waals surface area contributed by atoms with Crippen LogP contribution in [0.2, 0.25) is 0 Å². The summed E-state index contributed by atoms with van der Waals surface area (Å²) in [5, 5.41) is 2.92. The summed E-state index contributed by atoms with van der Waals surface area (Å²) in [6, 6.07) is 3.93. The quantitative estimate of drug-likeness (QED) is 0.926. The number of piperidine rings is 1. The fourth-order valence-corrected chi connectivity index (χ4v) is 4.59. The van der Waals surface area contributed by atoms with Gasteiger partial charge in [-0.2, -0.15) is 4.31 Å². The average Bonchev–Trinajstić information content (AvgIpc) is 2.41. The van der Waals surface area contributed by atoms with Gasteiger partial charge in [0, 0.05) is 19.1 Å². The fraction of sp³-hybridized carbons (Fsp3) is 0.571. The van der Waals surface area contributed by atoms with Gasteiger partial charge < -0.3 is 5.32 Å². The van der Waals surface area contributed by atoms with Crippen LogP contribution < -0.4 is 5.32 Å². The minimum Gasteiger partial charge on any atom is -0.316 e. The second kappa shape index (κ2) is 6.20. The number of halogens is 1. The normalized spacial score (nSPS) is 21.1. The van der Waals surface area contributed by atoms with Gasteiger partial charge in [-0.05, 0) is 44.5 Å². The Morgan fingerprint density at radius 3 is 2.80 bits per heavy atom. The molecule has 1 atom stereocenters. The standard InChI is InChI=1S/C14H21FN2O2S/c1-11-5-3-4-8-17(11)20(18,19)14-9-13(15)7-6-12(14)10-16-2/h6-7,9,11,16H,3-5,8,10H2,1-2H3. The summed E-state index contributed by atoms with van der Waals surface area (Å²) in [5.41, 5.74) is 0.603. The monoisotopic (exact) mass is 300 g/mol. The van der Waals surface area contributed by atoms with Crippen LogP contribution in [0.15, 0.2) is 23.1 Å². The van der Waals surface area contributed by atoms with Crippen molar-refractivity contribution in [2.24, 2.45) is 0 Å². The maximum atomic E-state index is 13.5. The molecule has 112 valence electrons. The van der Waals surface area contributed by atoms with Gasteiger partial charge in [0.05, 0.1) is 4.90 Å². The molecule has 0 saturated carbocycles. The third kappa shape index (κ3) is 3.02. The van der Waals surface area contributed by atoms with Gasteiger partial charge in [-0.25, -0.2) is 12.8 Å². The molecule has 0 aromatic heterocycles. The first-order valence-electron chi connectivity index (χ1n) is 6.91. The van der Waals surface area contributed by atoms with Crippen molar-refractivity contribution in [1.29, 1.82) is 0 Å². The van der Waals surface area contributed by atoms with Crippen molar-refractivity contribution in [3.8, 4) is 0 Å². The van der Waals surface area contributed by atoms with Crippen LogP contribution >= 0.6 is 0 Å². The molecule has 1 N–H and O–H groups in total. The predicted molar refractivity (Wildman–Crippen MR) is 76.4 cm³/mol. The molecule has 1 heterocycles. The Morgan fingerprint density at radius 2 is 2.15 bits per heavy atom. The maximum absolute atomic E-state index is 13.5. The zero-order valence-electron chi connectivity index (χ0n) is 11.9. The zero-order chi connectivity index (χ0) is 14.8. The minimum absolute atomic E-state index is 0.0283. The summed E-state index contributed by atoms with van der Waals surface area (Å²) in [7, 11) is -1.89. The van der Waals surface area contributed by atoms with E-state index in [-0.39, 0.29) is 10.9 Å². The van der Waals surface area contributed by atoms with E-state index in [1.165, 1.54) is 16.4 Å². The predicted octanol–water partition coefficient (Wildman–Crippen LogP) is 2.11. The minimum atomic E-state index is -3.63.